The number of thiophene rings is 1. The molecule has 2 fully saturated rings. The summed E-state index contributed by atoms with van der Waals surface area (Å²) in [5, 5.41) is 3.40. The van der Waals surface area contributed by atoms with Crippen molar-refractivity contribution >= 4 is 39.1 Å². The number of amides is 1. The van der Waals surface area contributed by atoms with Gasteiger partial charge in [-0.15, -0.1) is 11.3 Å². The molecule has 7 heteroatoms. The molecular weight excluding hydrogens is 384 g/mol. The van der Waals surface area contributed by atoms with Crippen LogP contribution in [0.25, 0.3) is 10.2 Å². The monoisotopic (exact) mass is 414 g/mol. The van der Waals surface area contributed by atoms with E-state index in [-0.39, 0.29) is 18.1 Å². The van der Waals surface area contributed by atoms with Crippen LogP contribution in [-0.4, -0.2) is 52.7 Å². The van der Waals surface area contributed by atoms with Crippen LogP contribution in [0.3, 0.4) is 0 Å². The third kappa shape index (κ3) is 4.60. The van der Waals surface area contributed by atoms with Crippen LogP contribution < -0.4 is 4.90 Å². The van der Waals surface area contributed by atoms with Crippen molar-refractivity contribution in [2.75, 3.05) is 25.0 Å². The average molecular weight is 415 g/mol. The van der Waals surface area contributed by atoms with E-state index in [9.17, 15) is 9.59 Å². The van der Waals surface area contributed by atoms with Gasteiger partial charge in [0, 0.05) is 39.0 Å². The Morgan fingerprint density at radius 1 is 1.24 bits per heavy atom. The summed E-state index contributed by atoms with van der Waals surface area (Å²) < 4.78 is 0. The zero-order valence-corrected chi connectivity index (χ0v) is 18.3. The van der Waals surface area contributed by atoms with Crippen LogP contribution in [0.4, 0.5) is 5.82 Å². The molecule has 0 bridgehead atoms. The molecule has 1 amide bonds. The van der Waals surface area contributed by atoms with Gasteiger partial charge in [0.15, 0.2) is 0 Å². The molecule has 2 aromatic heterocycles. The Balaban J connectivity index is 1.59. The van der Waals surface area contributed by atoms with Crippen LogP contribution in [0.15, 0.2) is 5.38 Å². The number of hydrogen-bond acceptors (Lipinski definition) is 6. The highest BCUT2D eigenvalue weighted by Crippen LogP contribution is 2.37. The number of unbranched alkanes of at least 4 members (excludes halogenated alkanes) is 2. The summed E-state index contributed by atoms with van der Waals surface area (Å²) >= 11 is 1.67. The number of nitrogens with zero attached hydrogens (tertiary/aromatic N) is 4. The maximum Gasteiger partial charge on any atom is 0.230 e. The number of carbonyl (C=O) groups is 2. The first-order valence-electron chi connectivity index (χ1n) is 10.9. The molecule has 0 aromatic carbocycles. The zero-order valence-electron chi connectivity index (χ0n) is 17.4. The lowest BCUT2D eigenvalue weighted by Crippen LogP contribution is -2.39. The van der Waals surface area contributed by atoms with E-state index in [1.807, 2.05) is 0 Å². The summed E-state index contributed by atoms with van der Waals surface area (Å²) in [6.07, 6.45) is 8.23. The number of aromatic nitrogens is 2. The Morgan fingerprint density at radius 2 is 2.00 bits per heavy atom. The lowest BCUT2D eigenvalue weighted by molar-refractivity contribution is -0.134. The lowest BCUT2D eigenvalue weighted by Gasteiger charge is -2.26. The summed E-state index contributed by atoms with van der Waals surface area (Å²) in [4.78, 5) is 38.9. The van der Waals surface area contributed by atoms with Gasteiger partial charge in [-0.25, -0.2) is 9.97 Å². The molecule has 4 rings (SSSR count). The minimum absolute atomic E-state index is 0.0246. The molecule has 156 valence electrons. The van der Waals surface area contributed by atoms with E-state index in [1.165, 1.54) is 43.1 Å². The van der Waals surface area contributed by atoms with E-state index >= 15 is 0 Å². The number of fused-ring (bicyclic) bond motifs is 1. The van der Waals surface area contributed by atoms with Crippen molar-refractivity contribution in [1.29, 1.82) is 0 Å². The number of anilines is 1. The summed E-state index contributed by atoms with van der Waals surface area (Å²) in [5.74, 6) is 1.86. The molecule has 0 unspecified atom stereocenters. The fourth-order valence-corrected chi connectivity index (χ4v) is 4.98. The van der Waals surface area contributed by atoms with Crippen molar-refractivity contribution in [3.05, 3.63) is 16.8 Å². The fraction of sp³-hybridized carbons (Fsp3) is 0.636. The van der Waals surface area contributed by atoms with Gasteiger partial charge in [-0.1, -0.05) is 19.8 Å². The molecule has 1 aliphatic carbocycles. The quantitative estimate of drug-likeness (QED) is 0.616. The van der Waals surface area contributed by atoms with E-state index in [0.717, 1.165) is 17.1 Å². The number of hydrogen-bond donors (Lipinski definition) is 0. The summed E-state index contributed by atoms with van der Waals surface area (Å²) in [5.41, 5.74) is 1.34. The number of likely N-dealkylation sites (tertiary alicyclic amines) is 1. The smallest absolute Gasteiger partial charge is 0.230 e. The molecule has 3 heterocycles. The number of carbonyl (C=O) groups excluding carboxylic acids is 2. The highest BCUT2D eigenvalue weighted by atomic mass is 32.1. The molecule has 0 N–H and O–H groups in total. The second-order valence-electron chi connectivity index (χ2n) is 8.30. The Morgan fingerprint density at radius 3 is 2.69 bits per heavy atom. The van der Waals surface area contributed by atoms with Crippen molar-refractivity contribution in [3.63, 3.8) is 0 Å². The van der Waals surface area contributed by atoms with Crippen molar-refractivity contribution in [2.24, 2.45) is 0 Å². The molecule has 0 radical (unpaired) electrons. The van der Waals surface area contributed by atoms with Crippen LogP contribution in [0.1, 0.15) is 63.3 Å². The number of piperidine rings is 1. The van der Waals surface area contributed by atoms with Gasteiger partial charge in [-0.05, 0) is 36.6 Å². The van der Waals surface area contributed by atoms with E-state index in [2.05, 4.69) is 24.3 Å². The topological polar surface area (TPSA) is 66.4 Å². The SMILES string of the molecule is CCCCCc1csc2nc(CC(=O)N3CCC(=O)CC3)nc(N(C)C3CC3)c12. The van der Waals surface area contributed by atoms with Gasteiger partial charge in [0.1, 0.15) is 22.3 Å². The van der Waals surface area contributed by atoms with Crippen molar-refractivity contribution < 1.29 is 9.59 Å². The molecule has 1 saturated carbocycles. The molecule has 29 heavy (non-hydrogen) atoms. The van der Waals surface area contributed by atoms with Gasteiger partial charge in [-0.2, -0.15) is 0 Å². The summed E-state index contributed by atoms with van der Waals surface area (Å²) in [6.45, 7) is 3.27. The molecule has 6 nitrogen and oxygen atoms in total. The molecule has 2 aromatic rings. The predicted molar refractivity (Wildman–Crippen MR) is 117 cm³/mol. The average Bonchev–Trinajstić information content (AvgIpc) is 3.49. The Bertz CT molecular complexity index is 896. The van der Waals surface area contributed by atoms with Gasteiger partial charge >= 0.3 is 0 Å². The molecule has 2 aliphatic rings. The molecule has 1 saturated heterocycles. The van der Waals surface area contributed by atoms with Gasteiger partial charge in [-0.3, -0.25) is 9.59 Å². The fourth-order valence-electron chi connectivity index (χ4n) is 4.00. The summed E-state index contributed by atoms with van der Waals surface area (Å²) in [6, 6.07) is 0.549. The predicted octanol–water partition coefficient (Wildman–Crippen LogP) is 3.76. The van der Waals surface area contributed by atoms with E-state index in [4.69, 9.17) is 9.97 Å². The first-order valence-corrected chi connectivity index (χ1v) is 11.7. The first kappa shape index (κ1) is 20.3. The third-order valence-electron chi connectivity index (χ3n) is 6.00. The molecule has 0 spiro atoms. The minimum atomic E-state index is 0.0246. The van der Waals surface area contributed by atoms with Crippen molar-refractivity contribution in [3.8, 4) is 0 Å². The molecular formula is C22H30N4O2S. The van der Waals surface area contributed by atoms with Crippen molar-refractivity contribution in [1.82, 2.24) is 14.9 Å². The van der Waals surface area contributed by atoms with E-state index in [0.29, 0.717) is 37.8 Å². The van der Waals surface area contributed by atoms with E-state index < -0.39 is 0 Å². The standard InChI is InChI=1S/C22H30N4O2S/c1-3-4-5-6-15-14-29-22-20(15)21(25(2)16-7-8-16)23-18(24-22)13-19(28)26-11-9-17(27)10-12-26/h14,16H,3-13H2,1-2H3. The summed E-state index contributed by atoms with van der Waals surface area (Å²) in [7, 11) is 2.12. The highest BCUT2D eigenvalue weighted by molar-refractivity contribution is 7.17. The Labute approximate surface area is 176 Å². The largest absolute Gasteiger partial charge is 0.356 e. The maximum atomic E-state index is 12.7. The van der Waals surface area contributed by atoms with E-state index in [1.54, 1.807) is 16.2 Å². The normalized spacial score (nSPS) is 17.2. The number of rotatable bonds is 8. The number of ketones is 1. The van der Waals surface area contributed by atoms with Crippen LogP contribution in [0.2, 0.25) is 0 Å². The van der Waals surface area contributed by atoms with Gasteiger partial charge in [0.25, 0.3) is 0 Å². The van der Waals surface area contributed by atoms with Gasteiger partial charge < -0.3 is 9.80 Å². The Kier molecular flexibility index (Phi) is 6.13. The highest BCUT2D eigenvalue weighted by Gasteiger charge is 2.30. The number of Topliss-reactive ketones (excluding diaryl/α,β-unsaturated/α-hetero) is 1. The van der Waals surface area contributed by atoms with Gasteiger partial charge in [0.2, 0.25) is 5.91 Å². The molecule has 0 atom stereocenters. The minimum Gasteiger partial charge on any atom is -0.356 e. The lowest BCUT2D eigenvalue weighted by atomic mass is 10.1. The van der Waals surface area contributed by atoms with Crippen LogP contribution >= 0.6 is 11.3 Å². The zero-order chi connectivity index (χ0) is 20.4. The first-order chi connectivity index (χ1) is 14.1. The Hall–Kier alpha value is -2.02. The van der Waals surface area contributed by atoms with Crippen LogP contribution in [-0.2, 0) is 22.4 Å². The van der Waals surface area contributed by atoms with Gasteiger partial charge in [0.05, 0.1) is 11.8 Å². The van der Waals surface area contributed by atoms with Crippen LogP contribution in [0, 0.1) is 0 Å². The third-order valence-corrected chi connectivity index (χ3v) is 6.92. The number of aryl methyl sites for hydroxylation is 1. The van der Waals surface area contributed by atoms with Crippen LogP contribution in [0.5, 0.6) is 0 Å². The second kappa shape index (κ2) is 8.78. The molecule has 1 aliphatic heterocycles. The second-order valence-corrected chi connectivity index (χ2v) is 9.16. The maximum absolute atomic E-state index is 12.7. The van der Waals surface area contributed by atoms with Crippen molar-refractivity contribution in [2.45, 2.75) is 70.8 Å².